The second-order valence-electron chi connectivity index (χ2n) is 5.27. The standard InChI is InChI=1S/C17H28N2O/c1-5-10-18-16-13-14(4)8-9-15(16)17(20)19(11-6-2)12-7-3/h8-9,13,18H,5-7,10-12H2,1-4H3. The van der Waals surface area contributed by atoms with Gasteiger partial charge in [-0.05, 0) is 43.9 Å². The van der Waals surface area contributed by atoms with E-state index in [2.05, 4.69) is 39.1 Å². The lowest BCUT2D eigenvalue weighted by Crippen LogP contribution is -2.33. The number of carbonyl (C=O) groups is 1. The number of aryl methyl sites for hydroxylation is 1. The molecule has 0 bridgehead atoms. The Morgan fingerprint density at radius 3 is 2.30 bits per heavy atom. The maximum atomic E-state index is 12.7. The van der Waals surface area contributed by atoms with E-state index in [0.29, 0.717) is 0 Å². The Bertz CT molecular complexity index is 423. The lowest BCUT2D eigenvalue weighted by Gasteiger charge is -2.23. The highest BCUT2D eigenvalue weighted by Crippen LogP contribution is 2.20. The SMILES string of the molecule is CCCNc1cc(C)ccc1C(=O)N(CCC)CCC. The molecule has 1 aromatic rings. The molecule has 3 nitrogen and oxygen atoms in total. The summed E-state index contributed by atoms with van der Waals surface area (Å²) in [7, 11) is 0. The van der Waals surface area contributed by atoms with Crippen molar-refractivity contribution >= 4 is 11.6 Å². The van der Waals surface area contributed by atoms with Crippen molar-refractivity contribution in [1.82, 2.24) is 4.90 Å². The summed E-state index contributed by atoms with van der Waals surface area (Å²) in [5.41, 5.74) is 2.94. The summed E-state index contributed by atoms with van der Waals surface area (Å²) in [6, 6.07) is 6.04. The number of nitrogens with zero attached hydrogens (tertiary/aromatic N) is 1. The van der Waals surface area contributed by atoms with Crippen molar-refractivity contribution in [3.63, 3.8) is 0 Å². The van der Waals surface area contributed by atoms with E-state index in [9.17, 15) is 4.79 Å². The summed E-state index contributed by atoms with van der Waals surface area (Å²) in [4.78, 5) is 14.7. The lowest BCUT2D eigenvalue weighted by molar-refractivity contribution is 0.0756. The molecule has 0 atom stereocenters. The maximum absolute atomic E-state index is 12.7. The van der Waals surface area contributed by atoms with Gasteiger partial charge in [-0.3, -0.25) is 4.79 Å². The van der Waals surface area contributed by atoms with Gasteiger partial charge in [0.2, 0.25) is 0 Å². The van der Waals surface area contributed by atoms with Gasteiger partial charge in [-0.1, -0.05) is 26.8 Å². The number of hydrogen-bond donors (Lipinski definition) is 1. The van der Waals surface area contributed by atoms with Crippen molar-refractivity contribution in [2.24, 2.45) is 0 Å². The summed E-state index contributed by atoms with van der Waals surface area (Å²) in [5.74, 6) is 0.146. The summed E-state index contributed by atoms with van der Waals surface area (Å²) >= 11 is 0. The van der Waals surface area contributed by atoms with Crippen molar-refractivity contribution in [2.75, 3.05) is 25.0 Å². The second kappa shape index (κ2) is 8.62. The van der Waals surface area contributed by atoms with E-state index in [0.717, 1.165) is 50.1 Å². The molecule has 1 rings (SSSR count). The number of benzene rings is 1. The van der Waals surface area contributed by atoms with Gasteiger partial charge >= 0.3 is 0 Å². The Labute approximate surface area is 123 Å². The van der Waals surface area contributed by atoms with E-state index < -0.39 is 0 Å². The van der Waals surface area contributed by atoms with Gasteiger partial charge in [-0.15, -0.1) is 0 Å². The third kappa shape index (κ3) is 4.55. The molecule has 0 aromatic heterocycles. The molecule has 0 unspecified atom stereocenters. The first kappa shape index (κ1) is 16.5. The molecule has 0 spiro atoms. The van der Waals surface area contributed by atoms with Crippen molar-refractivity contribution in [2.45, 2.75) is 47.0 Å². The van der Waals surface area contributed by atoms with Gasteiger partial charge in [0, 0.05) is 25.3 Å². The quantitative estimate of drug-likeness (QED) is 0.776. The van der Waals surface area contributed by atoms with Crippen LogP contribution in [0.4, 0.5) is 5.69 Å². The molecular weight excluding hydrogens is 248 g/mol. The van der Waals surface area contributed by atoms with Gasteiger partial charge in [0.25, 0.3) is 5.91 Å². The van der Waals surface area contributed by atoms with Crippen LogP contribution in [0.2, 0.25) is 0 Å². The molecule has 0 aliphatic rings. The molecule has 0 fully saturated rings. The van der Waals surface area contributed by atoms with E-state index in [-0.39, 0.29) is 5.91 Å². The molecular formula is C17H28N2O. The number of carbonyl (C=O) groups excluding carboxylic acids is 1. The predicted molar refractivity (Wildman–Crippen MR) is 86.4 cm³/mol. The molecule has 3 heteroatoms. The van der Waals surface area contributed by atoms with E-state index in [1.54, 1.807) is 0 Å². The highest BCUT2D eigenvalue weighted by atomic mass is 16.2. The van der Waals surface area contributed by atoms with Gasteiger partial charge in [-0.25, -0.2) is 0 Å². The largest absolute Gasteiger partial charge is 0.384 e. The number of hydrogen-bond acceptors (Lipinski definition) is 2. The van der Waals surface area contributed by atoms with Crippen LogP contribution < -0.4 is 5.32 Å². The molecule has 0 aliphatic heterocycles. The Kier molecular flexibility index (Phi) is 7.13. The minimum atomic E-state index is 0.146. The minimum absolute atomic E-state index is 0.146. The molecule has 1 aromatic carbocycles. The number of nitrogens with one attached hydrogen (secondary N) is 1. The zero-order valence-electron chi connectivity index (χ0n) is 13.3. The first-order chi connectivity index (χ1) is 9.63. The van der Waals surface area contributed by atoms with Crippen LogP contribution in [0.5, 0.6) is 0 Å². The first-order valence-corrected chi connectivity index (χ1v) is 7.77. The van der Waals surface area contributed by atoms with Crippen molar-refractivity contribution in [3.05, 3.63) is 29.3 Å². The van der Waals surface area contributed by atoms with Gasteiger partial charge in [0.05, 0.1) is 5.56 Å². The minimum Gasteiger partial charge on any atom is -0.384 e. The summed E-state index contributed by atoms with van der Waals surface area (Å²) < 4.78 is 0. The Balaban J connectivity index is 2.99. The zero-order chi connectivity index (χ0) is 15.0. The summed E-state index contributed by atoms with van der Waals surface area (Å²) in [6.45, 7) is 11.0. The molecule has 0 aliphatic carbocycles. The van der Waals surface area contributed by atoms with Crippen LogP contribution >= 0.6 is 0 Å². The maximum Gasteiger partial charge on any atom is 0.255 e. The van der Waals surface area contributed by atoms with Gasteiger partial charge < -0.3 is 10.2 Å². The smallest absolute Gasteiger partial charge is 0.255 e. The zero-order valence-corrected chi connectivity index (χ0v) is 13.3. The third-order valence-electron chi connectivity index (χ3n) is 3.25. The molecule has 1 amide bonds. The molecule has 0 saturated carbocycles. The highest BCUT2D eigenvalue weighted by molar-refractivity contribution is 5.99. The number of rotatable bonds is 8. The molecule has 112 valence electrons. The van der Waals surface area contributed by atoms with Crippen LogP contribution in [0, 0.1) is 6.92 Å². The van der Waals surface area contributed by atoms with E-state index >= 15 is 0 Å². The Hall–Kier alpha value is -1.51. The molecule has 0 radical (unpaired) electrons. The predicted octanol–water partition coefficient (Wildman–Crippen LogP) is 4.08. The monoisotopic (exact) mass is 276 g/mol. The first-order valence-electron chi connectivity index (χ1n) is 7.77. The van der Waals surface area contributed by atoms with Gasteiger partial charge in [-0.2, -0.15) is 0 Å². The molecule has 0 saturated heterocycles. The molecule has 1 N–H and O–H groups in total. The average Bonchev–Trinajstić information content (AvgIpc) is 2.44. The summed E-state index contributed by atoms with van der Waals surface area (Å²) in [5, 5.41) is 3.38. The van der Waals surface area contributed by atoms with Crippen molar-refractivity contribution in [3.8, 4) is 0 Å². The van der Waals surface area contributed by atoms with Crippen molar-refractivity contribution < 1.29 is 4.79 Å². The Morgan fingerprint density at radius 2 is 1.75 bits per heavy atom. The van der Waals surface area contributed by atoms with Crippen LogP contribution in [-0.2, 0) is 0 Å². The average molecular weight is 276 g/mol. The van der Waals surface area contributed by atoms with Crippen LogP contribution in [0.25, 0.3) is 0 Å². The number of anilines is 1. The fourth-order valence-electron chi connectivity index (χ4n) is 2.28. The van der Waals surface area contributed by atoms with E-state index in [4.69, 9.17) is 0 Å². The number of amides is 1. The van der Waals surface area contributed by atoms with E-state index in [1.807, 2.05) is 17.0 Å². The topological polar surface area (TPSA) is 32.3 Å². The van der Waals surface area contributed by atoms with Gasteiger partial charge in [0.15, 0.2) is 0 Å². The van der Waals surface area contributed by atoms with Crippen LogP contribution in [0.1, 0.15) is 56.0 Å². The Morgan fingerprint density at radius 1 is 1.10 bits per heavy atom. The normalized spacial score (nSPS) is 10.4. The lowest BCUT2D eigenvalue weighted by atomic mass is 10.1. The van der Waals surface area contributed by atoms with Crippen molar-refractivity contribution in [1.29, 1.82) is 0 Å². The van der Waals surface area contributed by atoms with E-state index in [1.165, 1.54) is 5.56 Å². The molecule has 20 heavy (non-hydrogen) atoms. The van der Waals surface area contributed by atoms with Crippen LogP contribution in [0.15, 0.2) is 18.2 Å². The second-order valence-corrected chi connectivity index (χ2v) is 5.27. The fourth-order valence-corrected chi connectivity index (χ4v) is 2.28. The molecule has 0 heterocycles. The van der Waals surface area contributed by atoms with Crippen LogP contribution in [0.3, 0.4) is 0 Å². The summed E-state index contributed by atoms with van der Waals surface area (Å²) in [6.07, 6.45) is 3.04. The third-order valence-corrected chi connectivity index (χ3v) is 3.25. The van der Waals surface area contributed by atoms with Crippen LogP contribution in [-0.4, -0.2) is 30.4 Å². The highest BCUT2D eigenvalue weighted by Gasteiger charge is 2.17. The van der Waals surface area contributed by atoms with Gasteiger partial charge in [0.1, 0.15) is 0 Å². The fraction of sp³-hybridized carbons (Fsp3) is 0.588.